The SMILES string of the molecule is COCN1C(=O)[C@]2(C=C[C@H]3C(=CC(=O)OC(C)(C)C)[C@H]2[C@H](N(C)CC#N)[C@H]3CO)c2c(I)cccc21. The van der Waals surface area contributed by atoms with Crippen molar-refractivity contribution in [2.24, 2.45) is 17.8 Å². The van der Waals surface area contributed by atoms with Crippen molar-refractivity contribution in [3.05, 3.63) is 51.1 Å². The number of esters is 1. The number of rotatable bonds is 6. The summed E-state index contributed by atoms with van der Waals surface area (Å²) in [5.41, 5.74) is 0.579. The molecule has 2 aliphatic carbocycles. The molecule has 9 heteroatoms. The summed E-state index contributed by atoms with van der Waals surface area (Å²) in [5.74, 6) is -1.68. The zero-order chi connectivity index (χ0) is 26.4. The second-order valence-electron chi connectivity index (χ2n) is 10.6. The van der Waals surface area contributed by atoms with E-state index in [1.807, 2.05) is 63.1 Å². The van der Waals surface area contributed by atoms with Crippen LogP contribution >= 0.6 is 22.6 Å². The van der Waals surface area contributed by atoms with Crippen LogP contribution in [0, 0.1) is 32.7 Å². The molecule has 36 heavy (non-hydrogen) atoms. The molecule has 1 spiro atoms. The zero-order valence-corrected chi connectivity index (χ0v) is 23.4. The Balaban J connectivity index is 1.98. The number of carbonyl (C=O) groups excluding carboxylic acids is 2. The summed E-state index contributed by atoms with van der Waals surface area (Å²) in [6.07, 6.45) is 5.42. The van der Waals surface area contributed by atoms with Crippen molar-refractivity contribution in [3.63, 3.8) is 0 Å². The third kappa shape index (κ3) is 4.18. The number of methoxy groups -OCH3 is 1. The number of allylic oxidation sites excluding steroid dienone is 1. The number of fused-ring (bicyclic) bond motifs is 5. The molecule has 4 rings (SSSR count). The number of amides is 1. The second kappa shape index (κ2) is 9.89. The topological polar surface area (TPSA) is 103 Å². The highest BCUT2D eigenvalue weighted by Gasteiger charge is 2.65. The Labute approximate surface area is 225 Å². The van der Waals surface area contributed by atoms with Gasteiger partial charge in [0.25, 0.3) is 0 Å². The second-order valence-corrected chi connectivity index (χ2v) is 11.8. The van der Waals surface area contributed by atoms with Gasteiger partial charge >= 0.3 is 5.97 Å². The van der Waals surface area contributed by atoms with Gasteiger partial charge in [0, 0.05) is 52.7 Å². The highest BCUT2D eigenvalue weighted by molar-refractivity contribution is 14.1. The van der Waals surface area contributed by atoms with E-state index in [0.717, 1.165) is 20.4 Å². The number of hydrogen-bond donors (Lipinski definition) is 1. The minimum Gasteiger partial charge on any atom is -0.457 e. The molecular weight excluding hydrogens is 573 g/mol. The van der Waals surface area contributed by atoms with Crippen LogP contribution in [0.15, 0.2) is 42.0 Å². The van der Waals surface area contributed by atoms with Gasteiger partial charge in [-0.05, 0) is 68.1 Å². The highest BCUT2D eigenvalue weighted by atomic mass is 127. The van der Waals surface area contributed by atoms with E-state index in [2.05, 4.69) is 28.7 Å². The van der Waals surface area contributed by atoms with Crippen LogP contribution in [0.4, 0.5) is 5.69 Å². The number of carbonyl (C=O) groups is 2. The summed E-state index contributed by atoms with van der Waals surface area (Å²) < 4.78 is 11.9. The van der Waals surface area contributed by atoms with Crippen molar-refractivity contribution in [3.8, 4) is 6.07 Å². The van der Waals surface area contributed by atoms with Crippen LogP contribution in [0.1, 0.15) is 26.3 Å². The molecule has 3 aliphatic rings. The number of nitrogens with zero attached hydrogens (tertiary/aromatic N) is 3. The predicted octanol–water partition coefficient (Wildman–Crippen LogP) is 3.00. The van der Waals surface area contributed by atoms with E-state index in [9.17, 15) is 20.0 Å². The highest BCUT2D eigenvalue weighted by Crippen LogP contribution is 2.61. The van der Waals surface area contributed by atoms with Gasteiger partial charge in [-0.2, -0.15) is 5.26 Å². The van der Waals surface area contributed by atoms with Crippen LogP contribution in [-0.2, 0) is 24.5 Å². The minimum absolute atomic E-state index is 0.0882. The molecule has 1 aliphatic heterocycles. The summed E-state index contributed by atoms with van der Waals surface area (Å²) in [5, 5.41) is 20.0. The number of nitriles is 1. The van der Waals surface area contributed by atoms with Crippen molar-refractivity contribution in [2.45, 2.75) is 37.8 Å². The molecule has 1 fully saturated rings. The van der Waals surface area contributed by atoms with E-state index in [-0.39, 0.29) is 43.7 Å². The van der Waals surface area contributed by atoms with E-state index in [0.29, 0.717) is 0 Å². The summed E-state index contributed by atoms with van der Waals surface area (Å²) in [4.78, 5) is 30.9. The average Bonchev–Trinajstić information content (AvgIpc) is 3.15. The van der Waals surface area contributed by atoms with Gasteiger partial charge in [-0.15, -0.1) is 0 Å². The lowest BCUT2D eigenvalue weighted by Crippen LogP contribution is -2.53. The lowest BCUT2D eigenvalue weighted by molar-refractivity contribution is -0.148. The van der Waals surface area contributed by atoms with Gasteiger partial charge in [-0.3, -0.25) is 14.6 Å². The van der Waals surface area contributed by atoms with E-state index < -0.39 is 22.9 Å². The molecular formula is C27H32IN3O5. The average molecular weight is 605 g/mol. The molecule has 5 atom stereocenters. The van der Waals surface area contributed by atoms with Gasteiger partial charge in [-0.1, -0.05) is 18.2 Å². The number of anilines is 1. The lowest BCUT2D eigenvalue weighted by atomic mass is 9.64. The summed E-state index contributed by atoms with van der Waals surface area (Å²) >= 11 is 2.25. The molecule has 1 saturated carbocycles. The van der Waals surface area contributed by atoms with Crippen LogP contribution in [0.5, 0.6) is 0 Å². The van der Waals surface area contributed by atoms with Crippen LogP contribution in [0.25, 0.3) is 0 Å². The Morgan fingerprint density at radius 1 is 1.39 bits per heavy atom. The fourth-order valence-electron chi connectivity index (χ4n) is 6.22. The smallest absolute Gasteiger partial charge is 0.331 e. The molecule has 0 radical (unpaired) electrons. The number of hydrogen-bond acceptors (Lipinski definition) is 7. The molecule has 8 nitrogen and oxygen atoms in total. The number of aliphatic hydroxyl groups excluding tert-OH is 1. The molecule has 1 aromatic carbocycles. The Hall–Kier alpha value is -2.26. The van der Waals surface area contributed by atoms with Gasteiger partial charge in [-0.25, -0.2) is 4.79 Å². The Morgan fingerprint density at radius 3 is 2.72 bits per heavy atom. The van der Waals surface area contributed by atoms with Gasteiger partial charge in [0.2, 0.25) is 5.91 Å². The fraction of sp³-hybridized carbons (Fsp3) is 0.519. The molecule has 1 aromatic rings. The first-order valence-electron chi connectivity index (χ1n) is 11.9. The third-order valence-electron chi connectivity index (χ3n) is 7.33. The molecule has 0 saturated heterocycles. The van der Waals surface area contributed by atoms with Crippen LogP contribution < -0.4 is 4.90 Å². The van der Waals surface area contributed by atoms with Gasteiger partial charge in [0.15, 0.2) is 0 Å². The lowest BCUT2D eigenvalue weighted by Gasteiger charge is -2.41. The van der Waals surface area contributed by atoms with Crippen molar-refractivity contribution in [2.75, 3.05) is 38.9 Å². The van der Waals surface area contributed by atoms with Crippen LogP contribution in [0.2, 0.25) is 0 Å². The maximum absolute atomic E-state index is 14.4. The van der Waals surface area contributed by atoms with Crippen LogP contribution in [0.3, 0.4) is 0 Å². The number of aliphatic hydroxyl groups is 1. The van der Waals surface area contributed by atoms with E-state index in [1.54, 1.807) is 12.0 Å². The molecule has 1 heterocycles. The Bertz CT molecular complexity index is 1170. The molecule has 0 unspecified atom stereocenters. The quantitative estimate of drug-likeness (QED) is 0.175. The van der Waals surface area contributed by atoms with Gasteiger partial charge in [0.1, 0.15) is 17.7 Å². The van der Waals surface area contributed by atoms with Gasteiger partial charge in [0.05, 0.1) is 18.3 Å². The van der Waals surface area contributed by atoms with Gasteiger partial charge < -0.3 is 14.6 Å². The fourth-order valence-corrected chi connectivity index (χ4v) is 7.15. The molecule has 2 bridgehead atoms. The summed E-state index contributed by atoms with van der Waals surface area (Å²) in [7, 11) is 3.38. The number of halogens is 1. The van der Waals surface area contributed by atoms with Crippen LogP contribution in [-0.4, -0.2) is 67.6 Å². The third-order valence-corrected chi connectivity index (χ3v) is 8.23. The first kappa shape index (κ1) is 26.8. The van der Waals surface area contributed by atoms with E-state index in [1.165, 1.54) is 6.08 Å². The van der Waals surface area contributed by atoms with E-state index >= 15 is 0 Å². The molecule has 1 amide bonds. The molecule has 192 valence electrons. The monoisotopic (exact) mass is 605 g/mol. The normalized spacial score (nSPS) is 29.8. The minimum atomic E-state index is -1.12. The predicted molar refractivity (Wildman–Crippen MR) is 143 cm³/mol. The van der Waals surface area contributed by atoms with Crippen molar-refractivity contribution < 1.29 is 24.2 Å². The first-order chi connectivity index (χ1) is 17.0. The Morgan fingerprint density at radius 2 is 2.11 bits per heavy atom. The summed E-state index contributed by atoms with van der Waals surface area (Å²) in [6.45, 7) is 5.48. The standard InChI is InChI=1S/C27H32IN3O5/c1-26(2,3)36-21(33)13-17-16-9-10-27(22(17)24(18(16)14-32)30(4)12-11-29)23-19(28)7-6-8-20(23)31(15-35-5)25(27)34/h6-10,13,16,18,22,24,32H,12,14-15H2,1-5H3/t16-,18-,22-,24+,27-/m0/s1. The van der Waals surface area contributed by atoms with E-state index in [4.69, 9.17) is 9.47 Å². The maximum Gasteiger partial charge on any atom is 0.331 e. The van der Waals surface area contributed by atoms with Crippen molar-refractivity contribution in [1.29, 1.82) is 5.26 Å². The Kier molecular flexibility index (Phi) is 7.36. The number of ether oxygens (including phenoxy) is 2. The van der Waals surface area contributed by atoms with Crippen molar-refractivity contribution >= 4 is 40.2 Å². The maximum atomic E-state index is 14.4. The summed E-state index contributed by atoms with van der Waals surface area (Å²) in [6, 6.07) is 7.62. The largest absolute Gasteiger partial charge is 0.457 e. The molecule has 0 aromatic heterocycles. The van der Waals surface area contributed by atoms with Crippen molar-refractivity contribution in [1.82, 2.24) is 4.90 Å². The first-order valence-corrected chi connectivity index (χ1v) is 13.0. The zero-order valence-electron chi connectivity index (χ0n) is 21.2. The molecule has 1 N–H and O–H groups in total. The number of benzene rings is 1.